The molecule has 0 saturated heterocycles. The van der Waals surface area contributed by atoms with Crippen LogP contribution in [0.1, 0.15) is 40.4 Å². The average molecular weight is 430 g/mol. The van der Waals surface area contributed by atoms with Crippen LogP contribution in [0.25, 0.3) is 0 Å². The lowest BCUT2D eigenvalue weighted by Crippen LogP contribution is -2.22. The molecule has 3 rings (SSSR count). The molecule has 2 aromatic rings. The van der Waals surface area contributed by atoms with Gasteiger partial charge in [-0.1, -0.05) is 0 Å². The Balaban J connectivity index is 1.72. The number of hydrogen-bond acceptors (Lipinski definition) is 8. The highest BCUT2D eigenvalue weighted by atomic mass is 32.2. The summed E-state index contributed by atoms with van der Waals surface area (Å²) in [4.78, 5) is 39.0. The summed E-state index contributed by atoms with van der Waals surface area (Å²) >= 11 is 1.22. The molecule has 0 radical (unpaired) electrons. The van der Waals surface area contributed by atoms with Crippen LogP contribution in [0.2, 0.25) is 0 Å². The van der Waals surface area contributed by atoms with Gasteiger partial charge in [-0.2, -0.15) is 5.26 Å². The lowest BCUT2D eigenvalue weighted by Gasteiger charge is -2.11. The van der Waals surface area contributed by atoms with Gasteiger partial charge in [0.05, 0.1) is 21.7 Å². The van der Waals surface area contributed by atoms with Crippen molar-refractivity contribution in [3.8, 4) is 6.07 Å². The number of hydrogen-bond donors (Lipinski definition) is 1. The zero-order valence-corrected chi connectivity index (χ0v) is 16.5. The van der Waals surface area contributed by atoms with E-state index in [1.165, 1.54) is 17.8 Å². The summed E-state index contributed by atoms with van der Waals surface area (Å²) in [6, 6.07) is 6.10. The van der Waals surface area contributed by atoms with Crippen LogP contribution < -0.4 is 5.32 Å². The number of halogens is 1. The molecular weight excluding hydrogens is 415 g/mol. The second-order valence-electron chi connectivity index (χ2n) is 6.41. The number of ether oxygens (including phenoxy) is 1. The maximum absolute atomic E-state index is 13.8. The maximum Gasteiger partial charge on any atom is 0.340 e. The molecule has 1 saturated carbocycles. The van der Waals surface area contributed by atoms with E-state index in [1.54, 1.807) is 6.26 Å². The lowest BCUT2D eigenvalue weighted by atomic mass is 10.1. The summed E-state index contributed by atoms with van der Waals surface area (Å²) in [5, 5.41) is 22.7. The summed E-state index contributed by atoms with van der Waals surface area (Å²) in [6.07, 6.45) is 3.62. The lowest BCUT2D eigenvalue weighted by molar-refractivity contribution is -0.384. The number of esters is 1. The Labute approximate surface area is 174 Å². The Kier molecular flexibility index (Phi) is 6.27. The zero-order chi connectivity index (χ0) is 21.8. The van der Waals surface area contributed by atoms with Crippen LogP contribution in [-0.2, 0) is 9.53 Å². The molecule has 9 nitrogen and oxygen atoms in total. The Bertz CT molecular complexity index is 1080. The number of aromatic nitrogens is 1. The number of nitrogens with zero attached hydrogens (tertiary/aromatic N) is 3. The van der Waals surface area contributed by atoms with Gasteiger partial charge in [-0.05, 0) is 31.2 Å². The largest absolute Gasteiger partial charge is 0.452 e. The number of nitro groups is 1. The number of benzene rings is 1. The Morgan fingerprint density at radius 3 is 2.77 bits per heavy atom. The number of non-ortho nitro benzene ring substituents is 1. The number of nitro benzene ring substituents is 1. The summed E-state index contributed by atoms with van der Waals surface area (Å²) in [6.45, 7) is -0.762. The summed E-state index contributed by atoms with van der Waals surface area (Å²) in [5.41, 5.74) is -0.0626. The number of anilines is 1. The molecule has 154 valence electrons. The fourth-order valence-corrected chi connectivity index (χ4v) is 3.22. The minimum Gasteiger partial charge on any atom is -0.452 e. The van der Waals surface area contributed by atoms with E-state index < -0.39 is 40.6 Å². The van der Waals surface area contributed by atoms with Crippen molar-refractivity contribution in [1.29, 1.82) is 5.26 Å². The van der Waals surface area contributed by atoms with Crippen LogP contribution in [0.5, 0.6) is 0 Å². The van der Waals surface area contributed by atoms with Gasteiger partial charge in [0.15, 0.2) is 6.61 Å². The molecule has 1 N–H and O–H groups in total. The Hall–Kier alpha value is -3.52. The number of carbonyl (C=O) groups excluding carboxylic acids is 2. The maximum atomic E-state index is 13.8. The quantitative estimate of drug-likeness (QED) is 0.306. The minimum atomic E-state index is -0.888. The Morgan fingerprint density at radius 2 is 2.17 bits per heavy atom. The molecule has 1 aromatic heterocycles. The van der Waals surface area contributed by atoms with E-state index in [2.05, 4.69) is 10.3 Å². The standard InChI is InChI=1S/C19H15FN4O5S/c1-30-18-13(8-21)12(7-15(23-18)10-2-3-10)19(26)29-9-17(25)22-16-6-11(24(27)28)4-5-14(16)20/h4-7,10H,2-3,9H2,1H3,(H,22,25). The number of nitriles is 1. The van der Waals surface area contributed by atoms with Crippen LogP contribution >= 0.6 is 11.8 Å². The normalized spacial score (nSPS) is 12.7. The van der Waals surface area contributed by atoms with E-state index >= 15 is 0 Å². The number of amides is 1. The number of thioether (sulfide) groups is 1. The van der Waals surface area contributed by atoms with Gasteiger partial charge in [0.25, 0.3) is 11.6 Å². The molecule has 30 heavy (non-hydrogen) atoms. The highest BCUT2D eigenvalue weighted by Gasteiger charge is 2.29. The van der Waals surface area contributed by atoms with Crippen molar-refractivity contribution < 1.29 is 23.6 Å². The summed E-state index contributed by atoms with van der Waals surface area (Å²) < 4.78 is 18.8. The van der Waals surface area contributed by atoms with Gasteiger partial charge in [0.1, 0.15) is 16.9 Å². The van der Waals surface area contributed by atoms with Gasteiger partial charge in [0, 0.05) is 23.7 Å². The van der Waals surface area contributed by atoms with Gasteiger partial charge in [0.2, 0.25) is 0 Å². The first-order valence-electron chi connectivity index (χ1n) is 8.74. The second kappa shape index (κ2) is 8.87. The molecule has 1 heterocycles. The fourth-order valence-electron chi connectivity index (χ4n) is 2.66. The van der Waals surface area contributed by atoms with Gasteiger partial charge < -0.3 is 10.1 Å². The van der Waals surface area contributed by atoms with Crippen LogP contribution in [0.3, 0.4) is 0 Å². The monoisotopic (exact) mass is 430 g/mol. The molecular formula is C19H15FN4O5S. The molecule has 1 amide bonds. The van der Waals surface area contributed by atoms with Crippen molar-refractivity contribution in [3.63, 3.8) is 0 Å². The summed E-state index contributed by atoms with van der Waals surface area (Å²) in [5.74, 6) is -2.42. The van der Waals surface area contributed by atoms with E-state index in [1.807, 2.05) is 6.07 Å². The number of rotatable bonds is 7. The SMILES string of the molecule is CSc1nc(C2CC2)cc(C(=O)OCC(=O)Nc2cc([N+](=O)[O-])ccc2F)c1C#N. The van der Waals surface area contributed by atoms with E-state index in [-0.39, 0.29) is 17.0 Å². The number of nitrogens with one attached hydrogen (secondary N) is 1. The van der Waals surface area contributed by atoms with Crippen molar-refractivity contribution in [2.45, 2.75) is 23.8 Å². The van der Waals surface area contributed by atoms with E-state index in [9.17, 15) is 29.4 Å². The average Bonchev–Trinajstić information content (AvgIpc) is 3.57. The zero-order valence-electron chi connectivity index (χ0n) is 15.7. The first kappa shape index (κ1) is 21.2. The molecule has 0 unspecified atom stereocenters. The van der Waals surface area contributed by atoms with Gasteiger partial charge in [-0.25, -0.2) is 14.2 Å². The molecule has 0 atom stereocenters. The van der Waals surface area contributed by atoms with Crippen LogP contribution in [0.4, 0.5) is 15.8 Å². The van der Waals surface area contributed by atoms with Crippen LogP contribution in [0, 0.1) is 27.3 Å². The van der Waals surface area contributed by atoms with Gasteiger partial charge in [-0.3, -0.25) is 14.9 Å². The van der Waals surface area contributed by atoms with Crippen molar-refractivity contribution in [2.24, 2.45) is 0 Å². The number of carbonyl (C=O) groups is 2. The Morgan fingerprint density at radius 1 is 1.43 bits per heavy atom. The number of pyridine rings is 1. The predicted octanol–water partition coefficient (Wildman–Crippen LogP) is 3.40. The van der Waals surface area contributed by atoms with E-state index in [4.69, 9.17) is 4.74 Å². The topological polar surface area (TPSA) is 135 Å². The van der Waals surface area contributed by atoms with E-state index in [0.29, 0.717) is 10.7 Å². The first-order valence-corrected chi connectivity index (χ1v) is 9.96. The molecule has 1 aromatic carbocycles. The molecule has 11 heteroatoms. The summed E-state index contributed by atoms with van der Waals surface area (Å²) in [7, 11) is 0. The van der Waals surface area contributed by atoms with E-state index in [0.717, 1.165) is 31.0 Å². The molecule has 0 aliphatic heterocycles. The second-order valence-corrected chi connectivity index (χ2v) is 7.21. The van der Waals surface area contributed by atoms with Gasteiger partial charge in [-0.15, -0.1) is 11.8 Å². The molecule has 1 aliphatic carbocycles. The minimum absolute atomic E-state index is 0.00748. The third-order valence-electron chi connectivity index (χ3n) is 4.30. The molecule has 1 aliphatic rings. The predicted molar refractivity (Wildman–Crippen MR) is 105 cm³/mol. The third kappa shape index (κ3) is 4.72. The van der Waals surface area contributed by atoms with Crippen molar-refractivity contribution in [2.75, 3.05) is 18.2 Å². The van der Waals surface area contributed by atoms with Crippen molar-refractivity contribution in [1.82, 2.24) is 4.98 Å². The fraction of sp³-hybridized carbons (Fsp3) is 0.263. The highest BCUT2D eigenvalue weighted by molar-refractivity contribution is 7.98. The van der Waals surface area contributed by atoms with Crippen LogP contribution in [0.15, 0.2) is 29.3 Å². The molecule has 0 bridgehead atoms. The smallest absolute Gasteiger partial charge is 0.340 e. The van der Waals surface area contributed by atoms with Crippen LogP contribution in [-0.4, -0.2) is 34.6 Å². The molecule has 1 fully saturated rings. The first-order chi connectivity index (χ1) is 14.3. The molecule has 0 spiro atoms. The third-order valence-corrected chi connectivity index (χ3v) is 4.98. The van der Waals surface area contributed by atoms with Crippen molar-refractivity contribution >= 4 is 35.0 Å². The highest BCUT2D eigenvalue weighted by Crippen LogP contribution is 2.40. The van der Waals surface area contributed by atoms with Crippen molar-refractivity contribution in [3.05, 3.63) is 57.0 Å². The van der Waals surface area contributed by atoms with Gasteiger partial charge >= 0.3 is 5.97 Å².